The Balaban J connectivity index is 1.99. The lowest BCUT2D eigenvalue weighted by Gasteiger charge is -2.31. The van der Waals surface area contributed by atoms with Crippen molar-refractivity contribution in [2.45, 2.75) is 51.3 Å². The number of sulfonamides is 1. The van der Waals surface area contributed by atoms with Gasteiger partial charge in [0.05, 0.1) is 5.25 Å². The van der Waals surface area contributed by atoms with E-state index in [0.717, 1.165) is 38.9 Å². The molecule has 0 bridgehead atoms. The highest BCUT2D eigenvalue weighted by Gasteiger charge is 2.38. The molecule has 0 N–H and O–H groups in total. The first-order chi connectivity index (χ1) is 8.41. The van der Waals surface area contributed by atoms with Crippen LogP contribution in [0.3, 0.4) is 0 Å². The predicted molar refractivity (Wildman–Crippen MR) is 74.0 cm³/mol. The van der Waals surface area contributed by atoms with Crippen LogP contribution >= 0.6 is 0 Å². The van der Waals surface area contributed by atoms with E-state index in [-0.39, 0.29) is 5.25 Å². The highest BCUT2D eigenvalue weighted by atomic mass is 32.2. The molecule has 2 heterocycles. The number of hydrogen-bond donors (Lipinski definition) is 0. The van der Waals surface area contributed by atoms with Crippen molar-refractivity contribution >= 4 is 10.0 Å². The van der Waals surface area contributed by atoms with E-state index in [1.54, 1.807) is 4.31 Å². The minimum Gasteiger partial charge on any atom is -0.300 e. The predicted octanol–water partition coefficient (Wildman–Crippen LogP) is 1.53. The zero-order valence-electron chi connectivity index (χ0n) is 11.8. The number of likely N-dealkylation sites (tertiary alicyclic amines) is 1. The van der Waals surface area contributed by atoms with Gasteiger partial charge < -0.3 is 0 Å². The smallest absolute Gasteiger partial charge is 0.218 e. The summed E-state index contributed by atoms with van der Waals surface area (Å²) in [5, 5.41) is -0.173. The molecule has 1 unspecified atom stereocenters. The lowest BCUT2D eigenvalue weighted by molar-refractivity contribution is 0.270. The normalized spacial score (nSPS) is 29.2. The van der Waals surface area contributed by atoms with Gasteiger partial charge in [-0.2, -0.15) is 0 Å². The molecule has 0 amide bonds. The second kappa shape index (κ2) is 5.47. The average Bonchev–Trinajstić information content (AvgIpc) is 2.79. The van der Waals surface area contributed by atoms with Gasteiger partial charge in [-0.15, -0.1) is 0 Å². The quantitative estimate of drug-likeness (QED) is 0.783. The maximum atomic E-state index is 12.6. The summed E-state index contributed by atoms with van der Waals surface area (Å²) in [6.45, 7) is 9.57. The molecule has 1 atom stereocenters. The van der Waals surface area contributed by atoms with Crippen LogP contribution in [0, 0.1) is 5.92 Å². The molecule has 2 fully saturated rings. The fourth-order valence-electron chi connectivity index (χ4n) is 2.92. The molecule has 2 rings (SSSR count). The lowest BCUT2D eigenvalue weighted by atomic mass is 10.0. The van der Waals surface area contributed by atoms with Gasteiger partial charge in [0, 0.05) is 25.7 Å². The fourth-order valence-corrected chi connectivity index (χ4v) is 4.84. The summed E-state index contributed by atoms with van der Waals surface area (Å²) in [6, 6.07) is 0.451. The van der Waals surface area contributed by atoms with Crippen molar-refractivity contribution < 1.29 is 8.42 Å². The average molecular weight is 274 g/mol. The van der Waals surface area contributed by atoms with Gasteiger partial charge in [0.1, 0.15) is 0 Å². The third kappa shape index (κ3) is 2.89. The van der Waals surface area contributed by atoms with Crippen molar-refractivity contribution in [3.63, 3.8) is 0 Å². The summed E-state index contributed by atoms with van der Waals surface area (Å²) < 4.78 is 26.9. The van der Waals surface area contributed by atoms with Crippen molar-refractivity contribution in [3.05, 3.63) is 0 Å². The molecule has 2 aliphatic heterocycles. The Bertz CT molecular complexity index is 372. The SMILES string of the molecule is CC1CCN(S(=O)(=O)C2CCN(C(C)C)C2)CC1. The molecular formula is C13H26N2O2S. The van der Waals surface area contributed by atoms with Crippen molar-refractivity contribution in [1.29, 1.82) is 0 Å². The molecule has 4 nitrogen and oxygen atoms in total. The molecule has 0 saturated carbocycles. The lowest BCUT2D eigenvalue weighted by Crippen LogP contribution is -2.44. The first kappa shape index (κ1) is 14.3. The van der Waals surface area contributed by atoms with E-state index in [1.807, 2.05) is 0 Å². The number of hydrogen-bond acceptors (Lipinski definition) is 3. The molecule has 0 aliphatic carbocycles. The maximum absolute atomic E-state index is 12.6. The zero-order chi connectivity index (χ0) is 13.3. The van der Waals surface area contributed by atoms with Crippen LogP contribution in [-0.2, 0) is 10.0 Å². The maximum Gasteiger partial charge on any atom is 0.218 e. The van der Waals surface area contributed by atoms with E-state index < -0.39 is 10.0 Å². The second-order valence-corrected chi connectivity index (χ2v) is 8.34. The van der Waals surface area contributed by atoms with E-state index in [4.69, 9.17) is 0 Å². The highest BCUT2D eigenvalue weighted by Crippen LogP contribution is 2.26. The minimum atomic E-state index is -3.06. The minimum absolute atomic E-state index is 0.173. The summed E-state index contributed by atoms with van der Waals surface area (Å²) in [5.74, 6) is 0.673. The van der Waals surface area contributed by atoms with Crippen LogP contribution in [0.4, 0.5) is 0 Å². The van der Waals surface area contributed by atoms with Gasteiger partial charge in [-0.1, -0.05) is 6.92 Å². The molecule has 5 heteroatoms. The van der Waals surface area contributed by atoms with Crippen molar-refractivity contribution in [3.8, 4) is 0 Å². The van der Waals surface area contributed by atoms with Gasteiger partial charge in [0.2, 0.25) is 10.0 Å². The summed E-state index contributed by atoms with van der Waals surface area (Å²) >= 11 is 0. The van der Waals surface area contributed by atoms with Gasteiger partial charge in [-0.25, -0.2) is 12.7 Å². The molecule has 18 heavy (non-hydrogen) atoms. The second-order valence-electron chi connectivity index (χ2n) is 6.13. The number of piperidine rings is 1. The Labute approximate surface area is 111 Å². The molecular weight excluding hydrogens is 248 g/mol. The third-order valence-corrected chi connectivity index (χ3v) is 6.74. The first-order valence-electron chi connectivity index (χ1n) is 7.14. The molecule has 2 saturated heterocycles. The topological polar surface area (TPSA) is 40.6 Å². The standard InChI is InChI=1S/C13H26N2O2S/c1-11(2)14-7-6-13(10-14)18(16,17)15-8-4-12(3)5-9-15/h11-13H,4-10H2,1-3H3. The van der Waals surface area contributed by atoms with Gasteiger partial charge in [0.25, 0.3) is 0 Å². The van der Waals surface area contributed by atoms with E-state index in [0.29, 0.717) is 18.5 Å². The van der Waals surface area contributed by atoms with Crippen LogP contribution in [0.2, 0.25) is 0 Å². The van der Waals surface area contributed by atoms with Gasteiger partial charge in [-0.05, 0) is 45.6 Å². The molecule has 0 aromatic rings. The fraction of sp³-hybridized carbons (Fsp3) is 1.00. The van der Waals surface area contributed by atoms with E-state index in [1.165, 1.54) is 0 Å². The summed E-state index contributed by atoms with van der Waals surface area (Å²) in [7, 11) is -3.06. The Morgan fingerprint density at radius 3 is 2.17 bits per heavy atom. The number of nitrogens with zero attached hydrogens (tertiary/aromatic N) is 2. The number of rotatable bonds is 3. The van der Waals surface area contributed by atoms with Crippen LogP contribution in [-0.4, -0.2) is 55.1 Å². The largest absolute Gasteiger partial charge is 0.300 e. The monoisotopic (exact) mass is 274 g/mol. The highest BCUT2D eigenvalue weighted by molar-refractivity contribution is 7.89. The molecule has 0 spiro atoms. The van der Waals surface area contributed by atoms with Gasteiger partial charge in [-0.3, -0.25) is 4.90 Å². The van der Waals surface area contributed by atoms with Crippen molar-refractivity contribution in [1.82, 2.24) is 9.21 Å². The van der Waals surface area contributed by atoms with Crippen molar-refractivity contribution in [2.75, 3.05) is 26.2 Å². The molecule has 106 valence electrons. The summed E-state index contributed by atoms with van der Waals surface area (Å²) in [5.41, 5.74) is 0. The third-order valence-electron chi connectivity index (χ3n) is 4.43. The van der Waals surface area contributed by atoms with Gasteiger partial charge in [0.15, 0.2) is 0 Å². The van der Waals surface area contributed by atoms with Crippen molar-refractivity contribution in [2.24, 2.45) is 5.92 Å². The van der Waals surface area contributed by atoms with Crippen LogP contribution in [0.1, 0.15) is 40.0 Å². The molecule has 2 aliphatic rings. The van der Waals surface area contributed by atoms with Crippen LogP contribution in [0.5, 0.6) is 0 Å². The van der Waals surface area contributed by atoms with E-state index in [2.05, 4.69) is 25.7 Å². The van der Waals surface area contributed by atoms with Crippen LogP contribution in [0.25, 0.3) is 0 Å². The molecule has 0 radical (unpaired) electrons. The Morgan fingerprint density at radius 1 is 1.06 bits per heavy atom. The summed E-state index contributed by atoms with van der Waals surface area (Å²) in [4.78, 5) is 2.27. The Morgan fingerprint density at radius 2 is 1.67 bits per heavy atom. The molecule has 0 aromatic heterocycles. The Kier molecular flexibility index (Phi) is 4.34. The van der Waals surface area contributed by atoms with E-state index >= 15 is 0 Å². The van der Waals surface area contributed by atoms with Crippen LogP contribution in [0.15, 0.2) is 0 Å². The first-order valence-corrected chi connectivity index (χ1v) is 8.64. The van der Waals surface area contributed by atoms with Gasteiger partial charge >= 0.3 is 0 Å². The van der Waals surface area contributed by atoms with Crippen LogP contribution < -0.4 is 0 Å². The van der Waals surface area contributed by atoms with E-state index in [9.17, 15) is 8.42 Å². The summed E-state index contributed by atoms with van der Waals surface area (Å²) in [6.07, 6.45) is 2.83. The zero-order valence-corrected chi connectivity index (χ0v) is 12.6. The molecule has 0 aromatic carbocycles. The Hall–Kier alpha value is -0.130.